The second-order valence-electron chi connectivity index (χ2n) is 1.33. The van der Waals surface area contributed by atoms with E-state index in [4.69, 9.17) is 4.74 Å². The highest BCUT2D eigenvalue weighted by Crippen LogP contribution is 2.16. The summed E-state index contributed by atoms with van der Waals surface area (Å²) < 4.78 is 4.80. The maximum absolute atomic E-state index is 4.80. The van der Waals surface area contributed by atoms with E-state index in [1.807, 2.05) is 0 Å². The fraction of sp³-hybridized carbons (Fsp3) is 0.750. The second-order valence-corrected chi connectivity index (χ2v) is 1.74. The molecular weight excluding hydrogens is 96.1 g/mol. The van der Waals surface area contributed by atoms with Gasteiger partial charge in [0.2, 0.25) is 5.05 Å². The van der Waals surface area contributed by atoms with Crippen LogP contribution in [-0.2, 0) is 4.74 Å². The van der Waals surface area contributed by atoms with Crippen molar-refractivity contribution in [2.24, 2.45) is 0 Å². The standard InChI is InChI=1S/C4H6OS/c1-2-3-4(6)5-3/h3H,2H2,1H3. The maximum Gasteiger partial charge on any atom is 0.201 e. The lowest BCUT2D eigenvalue weighted by atomic mass is 10.4. The summed E-state index contributed by atoms with van der Waals surface area (Å²) in [6.45, 7) is 2.06. The second kappa shape index (κ2) is 1.19. The first-order valence-electron chi connectivity index (χ1n) is 2.05. The molecular formula is C4H6OS. The monoisotopic (exact) mass is 102 g/mol. The molecule has 6 heavy (non-hydrogen) atoms. The van der Waals surface area contributed by atoms with Crippen LogP contribution < -0.4 is 0 Å². The van der Waals surface area contributed by atoms with Gasteiger partial charge in [0.05, 0.1) is 0 Å². The number of ether oxygens (including phenoxy) is 1. The summed E-state index contributed by atoms with van der Waals surface area (Å²) in [6.07, 6.45) is 1.37. The normalized spacial score (nSPS) is 29.5. The van der Waals surface area contributed by atoms with Crippen molar-refractivity contribution in [2.75, 3.05) is 0 Å². The highest BCUT2D eigenvalue weighted by atomic mass is 32.1. The molecule has 1 unspecified atom stereocenters. The van der Waals surface area contributed by atoms with Crippen LogP contribution in [0.1, 0.15) is 13.3 Å². The van der Waals surface area contributed by atoms with Crippen molar-refractivity contribution in [3.63, 3.8) is 0 Å². The minimum Gasteiger partial charge on any atom is -0.471 e. The Labute approximate surface area is 42.3 Å². The third kappa shape index (κ3) is 0.522. The van der Waals surface area contributed by atoms with Gasteiger partial charge in [-0.25, -0.2) is 0 Å². The van der Waals surface area contributed by atoms with Gasteiger partial charge >= 0.3 is 0 Å². The third-order valence-corrected chi connectivity index (χ3v) is 1.19. The molecule has 0 amide bonds. The molecule has 1 heterocycles. The van der Waals surface area contributed by atoms with Crippen molar-refractivity contribution >= 4 is 17.3 Å². The molecule has 1 saturated heterocycles. The van der Waals surface area contributed by atoms with E-state index in [9.17, 15) is 0 Å². The summed E-state index contributed by atoms with van der Waals surface area (Å²) in [7, 11) is 0. The molecule has 1 fully saturated rings. The average molecular weight is 102 g/mol. The van der Waals surface area contributed by atoms with Gasteiger partial charge in [-0.2, -0.15) is 0 Å². The lowest BCUT2D eigenvalue weighted by Crippen LogP contribution is -1.76. The maximum atomic E-state index is 4.80. The smallest absolute Gasteiger partial charge is 0.201 e. The largest absolute Gasteiger partial charge is 0.471 e. The Bertz CT molecular complexity index is 79.6. The van der Waals surface area contributed by atoms with Gasteiger partial charge in [0.1, 0.15) is 0 Å². The molecule has 0 N–H and O–H groups in total. The highest BCUT2D eigenvalue weighted by molar-refractivity contribution is 7.80. The summed E-state index contributed by atoms with van der Waals surface area (Å²) in [6, 6.07) is 0. The Balaban J connectivity index is 2.26. The van der Waals surface area contributed by atoms with Gasteiger partial charge in [-0.05, 0) is 18.6 Å². The van der Waals surface area contributed by atoms with Gasteiger partial charge in [-0.1, -0.05) is 6.92 Å². The minimum absolute atomic E-state index is 0.333. The van der Waals surface area contributed by atoms with E-state index in [2.05, 4.69) is 19.1 Å². The summed E-state index contributed by atoms with van der Waals surface area (Å²) in [5, 5.41) is 0.789. The van der Waals surface area contributed by atoms with Crippen molar-refractivity contribution in [3.8, 4) is 0 Å². The first kappa shape index (κ1) is 4.06. The van der Waals surface area contributed by atoms with Crippen LogP contribution >= 0.6 is 12.2 Å². The van der Waals surface area contributed by atoms with Crippen LogP contribution in [0, 0.1) is 0 Å². The van der Waals surface area contributed by atoms with Crippen LogP contribution in [-0.4, -0.2) is 11.2 Å². The number of hydrogen-bond donors (Lipinski definition) is 0. The lowest BCUT2D eigenvalue weighted by molar-refractivity contribution is 0.441. The van der Waals surface area contributed by atoms with Gasteiger partial charge in [0.15, 0.2) is 6.10 Å². The van der Waals surface area contributed by atoms with Gasteiger partial charge < -0.3 is 4.74 Å². The van der Waals surface area contributed by atoms with Gasteiger partial charge in [0, 0.05) is 0 Å². The van der Waals surface area contributed by atoms with E-state index < -0.39 is 0 Å². The molecule has 1 aliphatic heterocycles. The zero-order valence-electron chi connectivity index (χ0n) is 3.60. The molecule has 0 radical (unpaired) electrons. The molecule has 0 aliphatic carbocycles. The Hall–Kier alpha value is -0.110. The summed E-state index contributed by atoms with van der Waals surface area (Å²) in [4.78, 5) is 0. The molecule has 0 spiro atoms. The van der Waals surface area contributed by atoms with Crippen molar-refractivity contribution < 1.29 is 4.74 Å². The molecule has 0 aromatic carbocycles. The van der Waals surface area contributed by atoms with Crippen LogP contribution in [0.5, 0.6) is 0 Å². The van der Waals surface area contributed by atoms with Crippen LogP contribution in [0.4, 0.5) is 0 Å². The molecule has 1 nitrogen and oxygen atoms in total. The molecule has 2 heteroatoms. The number of epoxide rings is 1. The van der Waals surface area contributed by atoms with Crippen LogP contribution in [0.2, 0.25) is 0 Å². The number of thiocarbonyl (C=S) groups is 1. The quantitative estimate of drug-likeness (QED) is 0.363. The van der Waals surface area contributed by atoms with Crippen LogP contribution in [0.15, 0.2) is 0 Å². The van der Waals surface area contributed by atoms with Crippen molar-refractivity contribution in [1.29, 1.82) is 0 Å². The van der Waals surface area contributed by atoms with E-state index >= 15 is 0 Å². The van der Waals surface area contributed by atoms with E-state index in [0.29, 0.717) is 6.10 Å². The summed E-state index contributed by atoms with van der Waals surface area (Å²) >= 11 is 4.65. The van der Waals surface area contributed by atoms with Crippen molar-refractivity contribution in [2.45, 2.75) is 19.4 Å². The number of rotatable bonds is 1. The number of hydrogen-bond acceptors (Lipinski definition) is 2. The Morgan fingerprint density at radius 1 is 2.00 bits per heavy atom. The Morgan fingerprint density at radius 3 is 2.50 bits per heavy atom. The van der Waals surface area contributed by atoms with Gasteiger partial charge in [-0.15, -0.1) is 0 Å². The fourth-order valence-electron chi connectivity index (χ4n) is 0.356. The zero-order valence-corrected chi connectivity index (χ0v) is 4.42. The molecule has 34 valence electrons. The van der Waals surface area contributed by atoms with E-state index in [1.165, 1.54) is 0 Å². The SMILES string of the molecule is CCC1OC1=S. The van der Waals surface area contributed by atoms with Gasteiger partial charge in [0.25, 0.3) is 0 Å². The Kier molecular flexibility index (Phi) is 0.804. The predicted molar refractivity (Wildman–Crippen MR) is 27.8 cm³/mol. The Morgan fingerprint density at radius 2 is 2.50 bits per heavy atom. The van der Waals surface area contributed by atoms with E-state index in [-0.39, 0.29) is 0 Å². The lowest BCUT2D eigenvalue weighted by Gasteiger charge is -1.67. The first-order chi connectivity index (χ1) is 2.84. The molecule has 0 aromatic heterocycles. The molecule has 0 aromatic rings. The highest BCUT2D eigenvalue weighted by Gasteiger charge is 2.29. The van der Waals surface area contributed by atoms with Gasteiger partial charge in [-0.3, -0.25) is 0 Å². The zero-order chi connectivity index (χ0) is 4.57. The van der Waals surface area contributed by atoms with Crippen molar-refractivity contribution in [1.82, 2.24) is 0 Å². The average Bonchev–Trinajstić information content (AvgIpc) is 2.19. The van der Waals surface area contributed by atoms with E-state index in [0.717, 1.165) is 11.5 Å². The van der Waals surface area contributed by atoms with Crippen LogP contribution in [0.25, 0.3) is 0 Å². The minimum atomic E-state index is 0.333. The first-order valence-corrected chi connectivity index (χ1v) is 2.46. The molecule has 1 rings (SSSR count). The molecule has 1 atom stereocenters. The summed E-state index contributed by atoms with van der Waals surface area (Å²) in [5.41, 5.74) is 0. The van der Waals surface area contributed by atoms with Crippen molar-refractivity contribution in [3.05, 3.63) is 0 Å². The third-order valence-electron chi connectivity index (χ3n) is 0.835. The summed E-state index contributed by atoms with van der Waals surface area (Å²) in [5.74, 6) is 0. The predicted octanol–water partition coefficient (Wildman–Crippen LogP) is 1.12. The molecule has 0 saturated carbocycles. The van der Waals surface area contributed by atoms with E-state index in [1.54, 1.807) is 0 Å². The molecule has 0 bridgehead atoms. The fourth-order valence-corrected chi connectivity index (χ4v) is 0.639. The van der Waals surface area contributed by atoms with Crippen LogP contribution in [0.3, 0.4) is 0 Å². The molecule has 1 aliphatic rings. The topological polar surface area (TPSA) is 12.5 Å².